The number of nitrogens with two attached hydrogens (primary N) is 1. The predicted molar refractivity (Wildman–Crippen MR) is 76.3 cm³/mol. The first-order valence-corrected chi connectivity index (χ1v) is 6.11. The first-order valence-electron chi connectivity index (χ1n) is 6.11. The molecule has 17 heavy (non-hydrogen) atoms. The fourth-order valence-electron chi connectivity index (χ4n) is 1.98. The van der Waals surface area contributed by atoms with Gasteiger partial charge in [0.05, 0.1) is 0 Å². The predicted octanol–water partition coefficient (Wildman–Crippen LogP) is 3.50. The van der Waals surface area contributed by atoms with Crippen LogP contribution in [-0.4, -0.2) is 12.1 Å². The van der Waals surface area contributed by atoms with Gasteiger partial charge in [-0.3, -0.25) is 0 Å². The lowest BCUT2D eigenvalue weighted by molar-refractivity contribution is 0.519. The molecule has 0 aliphatic carbocycles. The van der Waals surface area contributed by atoms with E-state index >= 15 is 0 Å². The van der Waals surface area contributed by atoms with Crippen molar-refractivity contribution in [3.05, 3.63) is 42.5 Å². The molecule has 1 unspecified atom stereocenters. The minimum Gasteiger partial charge on any atom is -0.363 e. The van der Waals surface area contributed by atoms with Crippen LogP contribution in [0.1, 0.15) is 39.3 Å². The topological polar surface area (TPSA) is 29.3 Å². The van der Waals surface area contributed by atoms with Crippen molar-refractivity contribution >= 4 is 5.69 Å². The van der Waals surface area contributed by atoms with E-state index in [4.69, 9.17) is 5.73 Å². The third-order valence-electron chi connectivity index (χ3n) is 2.84. The summed E-state index contributed by atoms with van der Waals surface area (Å²) >= 11 is 0. The zero-order valence-corrected chi connectivity index (χ0v) is 11.4. The molecule has 0 radical (unpaired) electrons. The van der Waals surface area contributed by atoms with E-state index in [-0.39, 0.29) is 11.6 Å². The molecule has 1 rings (SSSR count). The fourth-order valence-corrected chi connectivity index (χ4v) is 1.98. The Morgan fingerprint density at radius 3 is 2.41 bits per heavy atom. The minimum absolute atomic E-state index is 0.0425. The molecule has 0 aromatic heterocycles. The van der Waals surface area contributed by atoms with Crippen molar-refractivity contribution in [1.29, 1.82) is 0 Å². The summed E-state index contributed by atoms with van der Waals surface area (Å²) in [4.78, 5) is 2.33. The summed E-state index contributed by atoms with van der Waals surface area (Å²) in [6.45, 7) is 13.3. The number of rotatable bonds is 4. The molecule has 0 heterocycles. The molecular weight excluding hydrogens is 208 g/mol. The Bertz CT molecular complexity index is 375. The van der Waals surface area contributed by atoms with E-state index in [1.54, 1.807) is 0 Å². The molecule has 2 N–H and O–H groups in total. The normalized spacial score (nSPS) is 13.2. The monoisotopic (exact) mass is 232 g/mol. The average Bonchev–Trinajstić information content (AvgIpc) is 2.24. The molecule has 0 saturated carbocycles. The van der Waals surface area contributed by atoms with Gasteiger partial charge in [-0.2, -0.15) is 0 Å². The van der Waals surface area contributed by atoms with E-state index in [0.717, 1.165) is 6.54 Å². The highest BCUT2D eigenvalue weighted by molar-refractivity contribution is 5.57. The number of benzene rings is 1. The SMILES string of the molecule is C=CCN(c1ccccc1C(C)N)C(C)(C)C. The molecule has 1 aromatic rings. The van der Waals surface area contributed by atoms with Gasteiger partial charge >= 0.3 is 0 Å². The van der Waals surface area contributed by atoms with Gasteiger partial charge < -0.3 is 10.6 Å². The first-order chi connectivity index (χ1) is 7.88. The van der Waals surface area contributed by atoms with Gasteiger partial charge in [0.1, 0.15) is 0 Å². The summed E-state index contributed by atoms with van der Waals surface area (Å²) in [6, 6.07) is 8.37. The molecule has 1 atom stereocenters. The Morgan fingerprint density at radius 2 is 1.94 bits per heavy atom. The second kappa shape index (κ2) is 5.37. The van der Waals surface area contributed by atoms with Crippen molar-refractivity contribution in [1.82, 2.24) is 0 Å². The molecule has 0 aliphatic heterocycles. The molecule has 0 amide bonds. The highest BCUT2D eigenvalue weighted by Gasteiger charge is 2.23. The standard InChI is InChI=1S/C15H24N2/c1-6-11-17(15(3,4)5)14-10-8-7-9-13(14)12(2)16/h6-10,12H,1,11,16H2,2-5H3. The summed E-state index contributed by atoms with van der Waals surface area (Å²) in [7, 11) is 0. The van der Waals surface area contributed by atoms with Crippen LogP contribution < -0.4 is 10.6 Å². The first kappa shape index (κ1) is 13.8. The largest absolute Gasteiger partial charge is 0.363 e. The van der Waals surface area contributed by atoms with Crippen LogP contribution in [0.15, 0.2) is 36.9 Å². The lowest BCUT2D eigenvalue weighted by Gasteiger charge is -2.38. The molecule has 0 aliphatic rings. The lowest BCUT2D eigenvalue weighted by Crippen LogP contribution is -2.42. The van der Waals surface area contributed by atoms with Crippen molar-refractivity contribution in [3.8, 4) is 0 Å². The van der Waals surface area contributed by atoms with Crippen LogP contribution in [-0.2, 0) is 0 Å². The number of nitrogens with zero attached hydrogens (tertiary/aromatic N) is 1. The van der Waals surface area contributed by atoms with Crippen LogP contribution in [0.2, 0.25) is 0 Å². The zero-order chi connectivity index (χ0) is 13.1. The summed E-state index contributed by atoms with van der Waals surface area (Å²) in [5.41, 5.74) is 8.48. The van der Waals surface area contributed by atoms with Gasteiger partial charge in [-0.25, -0.2) is 0 Å². The molecule has 1 aromatic carbocycles. The maximum absolute atomic E-state index is 6.04. The highest BCUT2D eigenvalue weighted by Crippen LogP contribution is 2.30. The van der Waals surface area contributed by atoms with Crippen molar-refractivity contribution in [3.63, 3.8) is 0 Å². The fraction of sp³-hybridized carbons (Fsp3) is 0.467. The number of para-hydroxylation sites is 1. The smallest absolute Gasteiger partial charge is 0.0421 e. The summed E-state index contributed by atoms with van der Waals surface area (Å²) in [6.07, 6.45) is 1.93. The van der Waals surface area contributed by atoms with Crippen LogP contribution in [0, 0.1) is 0 Å². The van der Waals surface area contributed by atoms with Crippen molar-refractivity contribution in [2.24, 2.45) is 5.73 Å². The quantitative estimate of drug-likeness (QED) is 0.805. The van der Waals surface area contributed by atoms with Gasteiger partial charge in [-0.1, -0.05) is 24.3 Å². The molecular formula is C15H24N2. The van der Waals surface area contributed by atoms with E-state index in [2.05, 4.69) is 50.4 Å². The second-order valence-electron chi connectivity index (χ2n) is 5.42. The molecule has 2 nitrogen and oxygen atoms in total. The van der Waals surface area contributed by atoms with Gasteiger partial charge in [0.2, 0.25) is 0 Å². The number of hydrogen-bond donors (Lipinski definition) is 1. The Morgan fingerprint density at radius 1 is 1.35 bits per heavy atom. The van der Waals surface area contributed by atoms with Crippen LogP contribution in [0.4, 0.5) is 5.69 Å². The third-order valence-corrected chi connectivity index (χ3v) is 2.84. The summed E-state index contributed by atoms with van der Waals surface area (Å²) in [5.74, 6) is 0. The van der Waals surface area contributed by atoms with Crippen LogP contribution in [0.3, 0.4) is 0 Å². The number of hydrogen-bond acceptors (Lipinski definition) is 2. The van der Waals surface area contributed by atoms with Gasteiger partial charge in [-0.05, 0) is 39.3 Å². The maximum atomic E-state index is 6.04. The van der Waals surface area contributed by atoms with Crippen LogP contribution >= 0.6 is 0 Å². The van der Waals surface area contributed by atoms with Crippen LogP contribution in [0.25, 0.3) is 0 Å². The van der Waals surface area contributed by atoms with E-state index < -0.39 is 0 Å². The van der Waals surface area contributed by atoms with E-state index in [0.29, 0.717) is 0 Å². The van der Waals surface area contributed by atoms with Gasteiger partial charge in [0, 0.05) is 23.8 Å². The average molecular weight is 232 g/mol. The minimum atomic E-state index is 0.0425. The highest BCUT2D eigenvalue weighted by atomic mass is 15.2. The molecule has 0 fully saturated rings. The van der Waals surface area contributed by atoms with Gasteiger partial charge in [0.15, 0.2) is 0 Å². The molecule has 2 heteroatoms. The Hall–Kier alpha value is -1.28. The van der Waals surface area contributed by atoms with E-state index in [9.17, 15) is 0 Å². The van der Waals surface area contributed by atoms with Crippen LogP contribution in [0.5, 0.6) is 0 Å². The van der Waals surface area contributed by atoms with Gasteiger partial charge in [0.25, 0.3) is 0 Å². The Labute approximate surface area is 105 Å². The molecule has 0 spiro atoms. The third kappa shape index (κ3) is 3.34. The Balaban J connectivity index is 3.23. The molecule has 0 saturated heterocycles. The second-order valence-corrected chi connectivity index (χ2v) is 5.42. The van der Waals surface area contributed by atoms with Crippen molar-refractivity contribution < 1.29 is 0 Å². The van der Waals surface area contributed by atoms with Gasteiger partial charge in [-0.15, -0.1) is 6.58 Å². The number of anilines is 1. The van der Waals surface area contributed by atoms with E-state index in [1.165, 1.54) is 11.3 Å². The lowest BCUT2D eigenvalue weighted by atomic mass is 10.00. The molecule has 94 valence electrons. The maximum Gasteiger partial charge on any atom is 0.0421 e. The van der Waals surface area contributed by atoms with Crippen molar-refractivity contribution in [2.75, 3.05) is 11.4 Å². The zero-order valence-electron chi connectivity index (χ0n) is 11.4. The Kier molecular flexibility index (Phi) is 4.35. The van der Waals surface area contributed by atoms with E-state index in [1.807, 2.05) is 19.1 Å². The molecule has 0 bridgehead atoms. The summed E-state index contributed by atoms with van der Waals surface area (Å²) in [5, 5.41) is 0. The van der Waals surface area contributed by atoms with Crippen molar-refractivity contribution in [2.45, 2.75) is 39.3 Å². The summed E-state index contributed by atoms with van der Waals surface area (Å²) < 4.78 is 0.